The fourth-order valence-corrected chi connectivity index (χ4v) is 2.72. The first-order valence-electron chi connectivity index (χ1n) is 8.92. The summed E-state index contributed by atoms with van der Waals surface area (Å²) in [4.78, 5) is 8.04. The van der Waals surface area contributed by atoms with Gasteiger partial charge in [-0.25, -0.2) is 4.98 Å². The van der Waals surface area contributed by atoms with Crippen molar-refractivity contribution in [2.75, 3.05) is 13.7 Å². The van der Waals surface area contributed by atoms with E-state index in [2.05, 4.69) is 25.3 Å². The van der Waals surface area contributed by atoms with Crippen molar-refractivity contribution in [1.82, 2.24) is 15.6 Å². The van der Waals surface area contributed by atoms with Crippen LogP contribution < -0.4 is 15.4 Å². The van der Waals surface area contributed by atoms with Gasteiger partial charge in [-0.3, -0.25) is 4.99 Å². The summed E-state index contributed by atoms with van der Waals surface area (Å²) in [6, 6.07) is 10.9. The van der Waals surface area contributed by atoms with Crippen LogP contribution in [0.2, 0.25) is 0 Å². The molecule has 6 nitrogen and oxygen atoms in total. The first-order valence-corrected chi connectivity index (χ1v) is 8.92. The Morgan fingerprint density at radius 1 is 1.14 bits per heavy atom. The topological polar surface area (TPSA) is 71.7 Å². The molecule has 0 bridgehead atoms. The first kappa shape index (κ1) is 20.5. The molecule has 0 spiro atoms. The Bertz CT molecular complexity index is 982. The van der Waals surface area contributed by atoms with Crippen molar-refractivity contribution in [1.29, 1.82) is 0 Å². The third-order valence-corrected chi connectivity index (χ3v) is 4.22. The predicted octanol–water partition coefficient (Wildman–Crippen LogP) is 3.94. The number of benzene rings is 1. The van der Waals surface area contributed by atoms with Gasteiger partial charge in [-0.1, -0.05) is 24.3 Å². The second kappa shape index (κ2) is 8.85. The highest BCUT2D eigenvalue weighted by atomic mass is 19.4. The van der Waals surface area contributed by atoms with Gasteiger partial charge in [0.15, 0.2) is 12.6 Å². The minimum atomic E-state index is -4.39. The van der Waals surface area contributed by atoms with E-state index < -0.39 is 12.8 Å². The fourth-order valence-electron chi connectivity index (χ4n) is 2.72. The van der Waals surface area contributed by atoms with Crippen LogP contribution >= 0.6 is 0 Å². The summed E-state index contributed by atoms with van der Waals surface area (Å²) in [5, 5.41) is 7.38. The van der Waals surface area contributed by atoms with E-state index in [0.717, 1.165) is 27.9 Å². The van der Waals surface area contributed by atoms with Crippen molar-refractivity contribution in [3.63, 3.8) is 0 Å². The number of aromatic nitrogens is 1. The van der Waals surface area contributed by atoms with Crippen molar-refractivity contribution < 1.29 is 22.3 Å². The molecule has 0 aliphatic carbocycles. The Morgan fingerprint density at radius 3 is 2.55 bits per heavy atom. The van der Waals surface area contributed by atoms with Gasteiger partial charge in [-0.05, 0) is 18.6 Å². The third-order valence-electron chi connectivity index (χ3n) is 4.22. The molecule has 0 unspecified atom stereocenters. The smallest absolute Gasteiger partial charge is 0.422 e. The van der Waals surface area contributed by atoms with Crippen LogP contribution in [0.4, 0.5) is 13.2 Å². The lowest BCUT2D eigenvalue weighted by atomic mass is 10.1. The number of nitrogens with one attached hydrogen (secondary N) is 2. The Balaban J connectivity index is 1.52. The number of fused-ring (bicyclic) bond motifs is 1. The third kappa shape index (κ3) is 5.63. The summed E-state index contributed by atoms with van der Waals surface area (Å²) < 4.78 is 46.9. The average molecular weight is 406 g/mol. The highest BCUT2D eigenvalue weighted by molar-refractivity contribution is 5.82. The number of hydrogen-bond donors (Lipinski definition) is 2. The molecule has 0 aliphatic heterocycles. The van der Waals surface area contributed by atoms with Crippen molar-refractivity contribution in [3.05, 3.63) is 59.5 Å². The number of ether oxygens (including phenoxy) is 1. The van der Waals surface area contributed by atoms with Gasteiger partial charge in [-0.15, -0.1) is 0 Å². The van der Waals surface area contributed by atoms with Crippen molar-refractivity contribution in [3.8, 4) is 5.88 Å². The standard InChI is InChI=1S/C20H21F3N4O2/c1-13-15-5-3-4-6-16(15)29-17(13)11-27-19(24-2)26-10-14-7-8-18(25-9-14)28-12-20(21,22)23/h3-9H,10-12H2,1-2H3,(H2,24,26,27). The maximum absolute atomic E-state index is 12.2. The Morgan fingerprint density at radius 2 is 1.90 bits per heavy atom. The maximum Gasteiger partial charge on any atom is 0.422 e. The first-order chi connectivity index (χ1) is 13.9. The number of halogens is 3. The van der Waals surface area contributed by atoms with E-state index in [4.69, 9.17) is 4.42 Å². The van der Waals surface area contributed by atoms with Crippen LogP contribution in [0.3, 0.4) is 0 Å². The number of pyridine rings is 1. The molecule has 0 amide bonds. The van der Waals surface area contributed by atoms with E-state index in [0.29, 0.717) is 19.0 Å². The number of hydrogen-bond acceptors (Lipinski definition) is 4. The number of nitrogens with zero attached hydrogens (tertiary/aromatic N) is 2. The molecule has 0 fully saturated rings. The SMILES string of the molecule is CN=C(NCc1ccc(OCC(F)(F)F)nc1)NCc1oc2ccccc2c1C. The molecule has 2 aromatic heterocycles. The van der Waals surface area contributed by atoms with E-state index in [1.165, 1.54) is 12.3 Å². The molecular weight excluding hydrogens is 385 g/mol. The van der Waals surface area contributed by atoms with E-state index in [1.54, 1.807) is 13.1 Å². The number of guanidine groups is 1. The number of para-hydroxylation sites is 1. The molecule has 0 saturated carbocycles. The summed E-state index contributed by atoms with van der Waals surface area (Å²) in [7, 11) is 1.65. The number of aliphatic imine (C=N–C) groups is 1. The monoisotopic (exact) mass is 406 g/mol. The summed E-state index contributed by atoms with van der Waals surface area (Å²) in [5.41, 5.74) is 2.68. The molecule has 29 heavy (non-hydrogen) atoms. The molecule has 3 aromatic rings. The van der Waals surface area contributed by atoms with Crippen molar-refractivity contribution >= 4 is 16.9 Å². The maximum atomic E-state index is 12.2. The molecule has 9 heteroatoms. The van der Waals surface area contributed by atoms with Crippen LogP contribution in [0.5, 0.6) is 5.88 Å². The van der Waals surface area contributed by atoms with E-state index >= 15 is 0 Å². The second-order valence-corrected chi connectivity index (χ2v) is 6.33. The van der Waals surface area contributed by atoms with Crippen LogP contribution in [0.1, 0.15) is 16.9 Å². The predicted molar refractivity (Wildman–Crippen MR) is 104 cm³/mol. The summed E-state index contributed by atoms with van der Waals surface area (Å²) in [6.07, 6.45) is -2.94. The molecular formula is C20H21F3N4O2. The van der Waals surface area contributed by atoms with Crippen LogP contribution in [0.15, 0.2) is 52.0 Å². The molecule has 154 valence electrons. The summed E-state index contributed by atoms with van der Waals surface area (Å²) >= 11 is 0. The van der Waals surface area contributed by atoms with Crippen LogP contribution in [0.25, 0.3) is 11.0 Å². The zero-order valence-corrected chi connectivity index (χ0v) is 16.0. The fraction of sp³-hybridized carbons (Fsp3) is 0.300. The van der Waals surface area contributed by atoms with Gasteiger partial charge in [0.05, 0.1) is 6.54 Å². The van der Waals surface area contributed by atoms with Gasteiger partial charge in [0, 0.05) is 36.8 Å². The zero-order valence-electron chi connectivity index (χ0n) is 16.0. The quantitative estimate of drug-likeness (QED) is 0.479. The van der Waals surface area contributed by atoms with Gasteiger partial charge < -0.3 is 19.8 Å². The van der Waals surface area contributed by atoms with Crippen LogP contribution in [-0.4, -0.2) is 30.8 Å². The minimum Gasteiger partial charge on any atom is -0.468 e. The molecule has 3 rings (SSSR count). The van der Waals surface area contributed by atoms with Crippen molar-refractivity contribution in [2.24, 2.45) is 4.99 Å². The lowest BCUT2D eigenvalue weighted by Crippen LogP contribution is -2.36. The van der Waals surface area contributed by atoms with Gasteiger partial charge in [0.1, 0.15) is 11.3 Å². The number of furan rings is 1. The average Bonchev–Trinajstić information content (AvgIpc) is 3.03. The second-order valence-electron chi connectivity index (χ2n) is 6.33. The lowest BCUT2D eigenvalue weighted by Gasteiger charge is -2.12. The molecule has 2 N–H and O–H groups in total. The molecule has 0 saturated heterocycles. The van der Waals surface area contributed by atoms with E-state index in [-0.39, 0.29) is 5.88 Å². The van der Waals surface area contributed by atoms with E-state index in [9.17, 15) is 13.2 Å². The highest BCUT2D eigenvalue weighted by Gasteiger charge is 2.28. The van der Waals surface area contributed by atoms with Crippen LogP contribution in [0, 0.1) is 6.92 Å². The molecule has 0 atom stereocenters. The summed E-state index contributed by atoms with van der Waals surface area (Å²) in [6.45, 7) is 1.50. The molecule has 2 heterocycles. The highest BCUT2D eigenvalue weighted by Crippen LogP contribution is 2.24. The van der Waals surface area contributed by atoms with Gasteiger partial charge >= 0.3 is 6.18 Å². The molecule has 0 radical (unpaired) electrons. The number of alkyl halides is 3. The van der Waals surface area contributed by atoms with Crippen molar-refractivity contribution in [2.45, 2.75) is 26.2 Å². The van der Waals surface area contributed by atoms with Crippen LogP contribution in [-0.2, 0) is 13.1 Å². The van der Waals surface area contributed by atoms with Gasteiger partial charge in [0.25, 0.3) is 0 Å². The Labute approximate surface area is 165 Å². The Kier molecular flexibility index (Phi) is 6.26. The van der Waals surface area contributed by atoms with E-state index in [1.807, 2.05) is 31.2 Å². The molecule has 0 aliphatic rings. The number of rotatable bonds is 6. The lowest BCUT2D eigenvalue weighted by molar-refractivity contribution is -0.154. The normalized spacial score (nSPS) is 12.2. The van der Waals surface area contributed by atoms with Gasteiger partial charge in [0.2, 0.25) is 5.88 Å². The zero-order chi connectivity index (χ0) is 20.9. The number of aryl methyl sites for hydroxylation is 1. The van der Waals surface area contributed by atoms with Gasteiger partial charge in [-0.2, -0.15) is 13.2 Å². The summed E-state index contributed by atoms with van der Waals surface area (Å²) in [5.74, 6) is 1.30. The largest absolute Gasteiger partial charge is 0.468 e. The molecule has 1 aromatic carbocycles. The Hall–Kier alpha value is -3.23. The minimum absolute atomic E-state index is 0.0751.